The van der Waals surface area contributed by atoms with Crippen LogP contribution in [0.4, 0.5) is 0 Å². The number of nitrogens with one attached hydrogen (secondary N) is 1. The van der Waals surface area contributed by atoms with Gasteiger partial charge in [-0.25, -0.2) is 4.79 Å². The third-order valence-electron chi connectivity index (χ3n) is 4.11. The number of esters is 1. The fourth-order valence-electron chi connectivity index (χ4n) is 2.83. The van der Waals surface area contributed by atoms with Crippen LogP contribution in [-0.4, -0.2) is 28.2 Å². The molecule has 0 aliphatic carbocycles. The SMILES string of the molecule is COc1ccccc1-c1noc(COC(=O)c2cc(=O)[nH]c3ccccc23)n1. The summed E-state index contributed by atoms with van der Waals surface area (Å²) in [4.78, 5) is 31.2. The topological polar surface area (TPSA) is 107 Å². The number of nitrogens with zero attached hydrogens (tertiary/aromatic N) is 2. The van der Waals surface area contributed by atoms with Crippen molar-refractivity contribution in [1.29, 1.82) is 0 Å². The van der Waals surface area contributed by atoms with Crippen molar-refractivity contribution in [2.24, 2.45) is 0 Å². The molecule has 0 aliphatic rings. The molecule has 0 unspecified atom stereocenters. The lowest BCUT2D eigenvalue weighted by Crippen LogP contribution is -2.13. The number of carbonyl (C=O) groups excluding carboxylic acids is 1. The summed E-state index contributed by atoms with van der Waals surface area (Å²) in [7, 11) is 1.55. The Morgan fingerprint density at radius 1 is 1.14 bits per heavy atom. The number of aromatic nitrogens is 3. The second-order valence-electron chi connectivity index (χ2n) is 5.88. The molecule has 0 atom stereocenters. The third-order valence-corrected chi connectivity index (χ3v) is 4.11. The molecule has 0 saturated carbocycles. The van der Waals surface area contributed by atoms with Gasteiger partial charge in [-0.15, -0.1) is 0 Å². The van der Waals surface area contributed by atoms with Crippen molar-refractivity contribution in [2.75, 3.05) is 7.11 Å². The summed E-state index contributed by atoms with van der Waals surface area (Å²) in [6.07, 6.45) is 0. The Hall–Kier alpha value is -3.94. The molecule has 0 saturated heterocycles. The molecular formula is C20H15N3O5. The van der Waals surface area contributed by atoms with E-state index in [0.717, 1.165) is 0 Å². The lowest BCUT2D eigenvalue weighted by Gasteiger charge is -2.05. The highest BCUT2D eigenvalue weighted by molar-refractivity contribution is 6.03. The summed E-state index contributed by atoms with van der Waals surface area (Å²) in [5, 5.41) is 4.49. The van der Waals surface area contributed by atoms with Crippen molar-refractivity contribution in [2.45, 2.75) is 6.61 Å². The number of fused-ring (bicyclic) bond motifs is 1. The Morgan fingerprint density at radius 3 is 2.79 bits per heavy atom. The van der Waals surface area contributed by atoms with Crippen LogP contribution in [0.3, 0.4) is 0 Å². The Morgan fingerprint density at radius 2 is 1.93 bits per heavy atom. The van der Waals surface area contributed by atoms with Gasteiger partial charge in [0.05, 0.1) is 18.2 Å². The van der Waals surface area contributed by atoms with Crippen LogP contribution in [0.5, 0.6) is 5.75 Å². The zero-order chi connectivity index (χ0) is 19.5. The van der Waals surface area contributed by atoms with Crippen LogP contribution in [0.25, 0.3) is 22.3 Å². The van der Waals surface area contributed by atoms with E-state index in [0.29, 0.717) is 28.0 Å². The van der Waals surface area contributed by atoms with Crippen LogP contribution >= 0.6 is 0 Å². The van der Waals surface area contributed by atoms with E-state index in [9.17, 15) is 9.59 Å². The van der Waals surface area contributed by atoms with Crippen molar-refractivity contribution >= 4 is 16.9 Å². The predicted octanol–water partition coefficient (Wildman–Crippen LogP) is 2.94. The quantitative estimate of drug-likeness (QED) is 0.533. The highest BCUT2D eigenvalue weighted by Crippen LogP contribution is 2.27. The first-order valence-electron chi connectivity index (χ1n) is 8.41. The Kier molecular flexibility index (Phi) is 4.59. The van der Waals surface area contributed by atoms with Crippen molar-refractivity contribution in [1.82, 2.24) is 15.1 Å². The van der Waals surface area contributed by atoms with Crippen LogP contribution in [-0.2, 0) is 11.3 Å². The molecule has 140 valence electrons. The summed E-state index contributed by atoms with van der Waals surface area (Å²) in [5.41, 5.74) is 0.996. The number of ether oxygens (including phenoxy) is 2. The van der Waals surface area contributed by atoms with E-state index in [-0.39, 0.29) is 23.6 Å². The number of pyridine rings is 1. The molecule has 8 nitrogen and oxygen atoms in total. The molecule has 0 spiro atoms. The lowest BCUT2D eigenvalue weighted by molar-refractivity contribution is 0.0432. The van der Waals surface area contributed by atoms with Crippen LogP contribution in [0, 0.1) is 0 Å². The molecule has 8 heteroatoms. The lowest BCUT2D eigenvalue weighted by atomic mass is 10.1. The van der Waals surface area contributed by atoms with Crippen LogP contribution in [0.2, 0.25) is 0 Å². The van der Waals surface area contributed by atoms with Crippen molar-refractivity contribution in [3.63, 3.8) is 0 Å². The molecule has 4 rings (SSSR count). The number of methoxy groups -OCH3 is 1. The average molecular weight is 377 g/mol. The molecule has 2 heterocycles. The largest absolute Gasteiger partial charge is 0.496 e. The normalized spacial score (nSPS) is 10.8. The Balaban J connectivity index is 1.54. The molecule has 0 bridgehead atoms. The minimum absolute atomic E-state index is 0.128. The maximum absolute atomic E-state index is 12.5. The van der Waals surface area contributed by atoms with Crippen molar-refractivity contribution in [3.05, 3.63) is 76.4 Å². The summed E-state index contributed by atoms with van der Waals surface area (Å²) in [6, 6.07) is 15.4. The molecule has 0 fully saturated rings. The van der Waals surface area contributed by atoms with Crippen LogP contribution in [0.15, 0.2) is 63.9 Å². The predicted molar refractivity (Wildman–Crippen MR) is 100.0 cm³/mol. The third kappa shape index (κ3) is 3.35. The maximum Gasteiger partial charge on any atom is 0.339 e. The number of hydrogen-bond acceptors (Lipinski definition) is 7. The van der Waals surface area contributed by atoms with Gasteiger partial charge < -0.3 is 19.0 Å². The molecule has 2 aromatic carbocycles. The van der Waals surface area contributed by atoms with Crippen LogP contribution in [0.1, 0.15) is 16.2 Å². The molecule has 2 aromatic heterocycles. The smallest absolute Gasteiger partial charge is 0.339 e. The number of aromatic amines is 1. The fraction of sp³-hybridized carbons (Fsp3) is 0.100. The number of rotatable bonds is 5. The van der Waals surface area contributed by atoms with E-state index in [1.165, 1.54) is 6.07 Å². The second-order valence-corrected chi connectivity index (χ2v) is 5.88. The van der Waals surface area contributed by atoms with Gasteiger partial charge in [-0.3, -0.25) is 4.79 Å². The minimum atomic E-state index is -0.653. The number of H-pyrrole nitrogens is 1. The highest BCUT2D eigenvalue weighted by atomic mass is 16.6. The minimum Gasteiger partial charge on any atom is -0.496 e. The van der Waals surface area contributed by atoms with E-state index in [2.05, 4.69) is 15.1 Å². The standard InChI is InChI=1S/C20H15N3O5/c1-26-16-9-5-3-7-13(16)19-22-18(28-23-19)11-27-20(25)14-10-17(24)21-15-8-4-2-6-12(14)15/h2-10H,11H2,1H3,(H,21,24). The summed E-state index contributed by atoms with van der Waals surface area (Å²) in [5.74, 6) is 0.398. The molecule has 1 N–H and O–H groups in total. The first kappa shape index (κ1) is 17.5. The van der Waals surface area contributed by atoms with Gasteiger partial charge in [0.1, 0.15) is 5.75 Å². The monoisotopic (exact) mass is 377 g/mol. The first-order valence-corrected chi connectivity index (χ1v) is 8.41. The summed E-state index contributed by atoms with van der Waals surface area (Å²) in [6.45, 7) is -0.220. The molecule has 0 radical (unpaired) electrons. The number of benzene rings is 2. The molecule has 0 amide bonds. The van der Waals surface area contributed by atoms with Gasteiger partial charge in [0, 0.05) is 17.0 Å². The van der Waals surface area contributed by atoms with Gasteiger partial charge in [-0.05, 0) is 18.2 Å². The van der Waals surface area contributed by atoms with Gasteiger partial charge in [-0.2, -0.15) is 4.98 Å². The van der Waals surface area contributed by atoms with E-state index in [1.807, 2.05) is 12.1 Å². The average Bonchev–Trinajstić information content (AvgIpc) is 3.20. The molecular weight excluding hydrogens is 362 g/mol. The summed E-state index contributed by atoms with van der Waals surface area (Å²) < 4.78 is 15.7. The van der Waals surface area contributed by atoms with Gasteiger partial charge >= 0.3 is 5.97 Å². The Labute approximate surface area is 158 Å². The van der Waals surface area contributed by atoms with E-state index < -0.39 is 5.97 Å². The second kappa shape index (κ2) is 7.36. The van der Waals surface area contributed by atoms with Gasteiger partial charge in [0.2, 0.25) is 11.4 Å². The number of carbonyl (C=O) groups is 1. The van der Waals surface area contributed by atoms with Gasteiger partial charge in [0.15, 0.2) is 6.61 Å². The number of para-hydroxylation sites is 2. The van der Waals surface area contributed by atoms with Gasteiger partial charge in [-0.1, -0.05) is 35.5 Å². The van der Waals surface area contributed by atoms with E-state index in [1.54, 1.807) is 43.5 Å². The summed E-state index contributed by atoms with van der Waals surface area (Å²) >= 11 is 0. The Bertz CT molecular complexity index is 1210. The zero-order valence-corrected chi connectivity index (χ0v) is 14.8. The van der Waals surface area contributed by atoms with E-state index >= 15 is 0 Å². The van der Waals surface area contributed by atoms with Gasteiger partial charge in [0.25, 0.3) is 5.89 Å². The van der Waals surface area contributed by atoms with E-state index in [4.69, 9.17) is 14.0 Å². The fourth-order valence-corrected chi connectivity index (χ4v) is 2.83. The number of hydrogen-bond donors (Lipinski definition) is 1. The molecule has 4 aromatic rings. The molecule has 28 heavy (non-hydrogen) atoms. The van der Waals surface area contributed by atoms with Crippen LogP contribution < -0.4 is 10.3 Å². The maximum atomic E-state index is 12.5. The molecule has 0 aliphatic heterocycles. The van der Waals surface area contributed by atoms with Crippen molar-refractivity contribution < 1.29 is 18.8 Å². The highest BCUT2D eigenvalue weighted by Gasteiger charge is 2.17. The zero-order valence-electron chi connectivity index (χ0n) is 14.8. The first-order chi connectivity index (χ1) is 13.7. The van der Waals surface area contributed by atoms with Crippen molar-refractivity contribution in [3.8, 4) is 17.1 Å².